The molecule has 1 N–H and O–H groups in total. The summed E-state index contributed by atoms with van der Waals surface area (Å²) in [5, 5.41) is 2.96. The highest BCUT2D eigenvalue weighted by molar-refractivity contribution is 5.94. The lowest BCUT2D eigenvalue weighted by atomic mass is 9.93. The Kier molecular flexibility index (Phi) is 2.78. The lowest BCUT2D eigenvalue weighted by Crippen LogP contribution is -2.18. The maximum absolute atomic E-state index is 11.4. The van der Waals surface area contributed by atoms with Crippen LogP contribution in [0.25, 0.3) is 5.57 Å². The van der Waals surface area contributed by atoms with Crippen molar-refractivity contribution in [2.45, 2.75) is 32.6 Å². The summed E-state index contributed by atoms with van der Waals surface area (Å²) in [6.45, 7) is 2.17. The van der Waals surface area contributed by atoms with Crippen molar-refractivity contribution in [2.24, 2.45) is 0 Å². The summed E-state index contributed by atoms with van der Waals surface area (Å²) in [7, 11) is 0. The molecule has 1 aromatic rings. The number of anilines is 1. The third kappa shape index (κ3) is 2.10. The fourth-order valence-corrected chi connectivity index (χ4v) is 2.60. The summed E-state index contributed by atoms with van der Waals surface area (Å²) in [6.07, 6.45) is 8.25. The van der Waals surface area contributed by atoms with Gasteiger partial charge in [-0.3, -0.25) is 4.79 Å². The monoisotopic (exact) mass is 239 g/mol. The van der Waals surface area contributed by atoms with Crippen LogP contribution in [0, 0.1) is 0 Å². The molecule has 0 radical (unpaired) electrons. The first kappa shape index (κ1) is 11.3. The lowest BCUT2D eigenvalue weighted by Gasteiger charge is -2.19. The second-order valence-corrected chi connectivity index (χ2v) is 5.11. The molecule has 0 aromatic heterocycles. The molecule has 3 rings (SSSR count). The van der Waals surface area contributed by atoms with Gasteiger partial charge in [-0.2, -0.15) is 0 Å². The number of rotatable bonds is 1. The van der Waals surface area contributed by atoms with Gasteiger partial charge in [0.2, 0.25) is 5.91 Å². The van der Waals surface area contributed by atoms with Gasteiger partial charge in [0.15, 0.2) is 0 Å². The number of allylic oxidation sites excluding steroid dienone is 4. The van der Waals surface area contributed by atoms with Gasteiger partial charge >= 0.3 is 0 Å². The average Bonchev–Trinajstić information content (AvgIpc) is 2.38. The maximum Gasteiger partial charge on any atom is 0.224 e. The maximum atomic E-state index is 11.4. The second-order valence-electron chi connectivity index (χ2n) is 5.11. The van der Waals surface area contributed by atoms with Gasteiger partial charge < -0.3 is 5.32 Å². The van der Waals surface area contributed by atoms with Crippen LogP contribution in [0.3, 0.4) is 0 Å². The van der Waals surface area contributed by atoms with E-state index in [2.05, 4.69) is 42.6 Å². The Labute approximate surface area is 107 Å². The van der Waals surface area contributed by atoms with Crippen molar-refractivity contribution in [1.82, 2.24) is 0 Å². The zero-order chi connectivity index (χ0) is 12.5. The normalized spacial score (nSPS) is 18.6. The van der Waals surface area contributed by atoms with Crippen LogP contribution < -0.4 is 5.32 Å². The number of carbonyl (C=O) groups excluding carboxylic acids is 1. The minimum Gasteiger partial charge on any atom is -0.326 e. The summed E-state index contributed by atoms with van der Waals surface area (Å²) in [6, 6.07) is 6.41. The molecule has 1 aromatic carbocycles. The van der Waals surface area contributed by atoms with Gasteiger partial charge in [-0.15, -0.1) is 0 Å². The van der Waals surface area contributed by atoms with E-state index in [0.717, 1.165) is 24.9 Å². The van der Waals surface area contributed by atoms with E-state index in [9.17, 15) is 4.79 Å². The number of aryl methyl sites for hydroxylation is 1. The summed E-state index contributed by atoms with van der Waals surface area (Å²) in [4.78, 5) is 11.4. The van der Waals surface area contributed by atoms with Gasteiger partial charge in [0.25, 0.3) is 0 Å². The topological polar surface area (TPSA) is 29.1 Å². The number of benzene rings is 1. The van der Waals surface area contributed by atoms with Gasteiger partial charge in [-0.05, 0) is 49.0 Å². The van der Waals surface area contributed by atoms with Crippen LogP contribution >= 0.6 is 0 Å². The number of fused-ring (bicyclic) bond motifs is 1. The van der Waals surface area contributed by atoms with E-state index >= 15 is 0 Å². The van der Waals surface area contributed by atoms with E-state index in [1.807, 2.05) is 0 Å². The Hall–Kier alpha value is -1.83. The Morgan fingerprint density at radius 3 is 2.89 bits per heavy atom. The average molecular weight is 239 g/mol. The molecule has 1 heterocycles. The molecule has 2 nitrogen and oxygen atoms in total. The SMILES string of the molecule is CC1=CC(c2ccc3c(c2)NC(=O)CC3)=CCC1. The molecule has 1 aliphatic heterocycles. The zero-order valence-corrected chi connectivity index (χ0v) is 10.6. The van der Waals surface area contributed by atoms with Crippen molar-refractivity contribution in [3.8, 4) is 0 Å². The summed E-state index contributed by atoms with van der Waals surface area (Å²) in [5.41, 5.74) is 6.14. The third-order valence-electron chi connectivity index (χ3n) is 3.64. The largest absolute Gasteiger partial charge is 0.326 e. The smallest absolute Gasteiger partial charge is 0.224 e. The summed E-state index contributed by atoms with van der Waals surface area (Å²) >= 11 is 0. The third-order valence-corrected chi connectivity index (χ3v) is 3.64. The Morgan fingerprint density at radius 1 is 1.17 bits per heavy atom. The predicted molar refractivity (Wildman–Crippen MR) is 74.4 cm³/mol. The summed E-state index contributed by atoms with van der Waals surface area (Å²) in [5.74, 6) is 0.129. The molecule has 0 atom stereocenters. The highest BCUT2D eigenvalue weighted by Gasteiger charge is 2.15. The predicted octanol–water partition coefficient (Wildman–Crippen LogP) is 3.69. The quantitative estimate of drug-likeness (QED) is 0.795. The number of nitrogens with one attached hydrogen (secondary N) is 1. The van der Waals surface area contributed by atoms with Crippen LogP contribution in [0.2, 0.25) is 0 Å². The number of amides is 1. The van der Waals surface area contributed by atoms with Crippen LogP contribution in [0.15, 0.2) is 35.9 Å². The first-order valence-corrected chi connectivity index (χ1v) is 6.53. The van der Waals surface area contributed by atoms with Gasteiger partial charge in [0.05, 0.1) is 0 Å². The summed E-state index contributed by atoms with van der Waals surface area (Å²) < 4.78 is 0. The number of hydrogen-bond acceptors (Lipinski definition) is 1. The van der Waals surface area contributed by atoms with Crippen molar-refractivity contribution in [3.05, 3.63) is 47.1 Å². The molecule has 2 heteroatoms. The molecule has 0 saturated carbocycles. The van der Waals surface area contributed by atoms with Crippen LogP contribution in [0.4, 0.5) is 5.69 Å². The fourth-order valence-electron chi connectivity index (χ4n) is 2.60. The van der Waals surface area contributed by atoms with Crippen molar-refractivity contribution in [1.29, 1.82) is 0 Å². The molecule has 18 heavy (non-hydrogen) atoms. The second kappa shape index (κ2) is 4.45. The van der Waals surface area contributed by atoms with E-state index < -0.39 is 0 Å². The first-order chi connectivity index (χ1) is 8.72. The number of hydrogen-bond donors (Lipinski definition) is 1. The Bertz CT molecular complexity index is 566. The van der Waals surface area contributed by atoms with Gasteiger partial charge in [-0.25, -0.2) is 0 Å². The van der Waals surface area contributed by atoms with Crippen LogP contribution in [-0.4, -0.2) is 5.91 Å². The molecular formula is C16H17NO. The molecule has 0 fully saturated rings. The van der Waals surface area contributed by atoms with Crippen molar-refractivity contribution >= 4 is 17.2 Å². The number of carbonyl (C=O) groups is 1. The van der Waals surface area contributed by atoms with E-state index in [4.69, 9.17) is 0 Å². The Morgan fingerprint density at radius 2 is 2.06 bits per heavy atom. The van der Waals surface area contributed by atoms with E-state index in [0.29, 0.717) is 6.42 Å². The van der Waals surface area contributed by atoms with Crippen LogP contribution in [0.1, 0.15) is 37.3 Å². The van der Waals surface area contributed by atoms with Crippen molar-refractivity contribution < 1.29 is 4.79 Å². The minimum absolute atomic E-state index is 0.129. The van der Waals surface area contributed by atoms with Crippen LogP contribution in [0.5, 0.6) is 0 Å². The van der Waals surface area contributed by atoms with Gasteiger partial charge in [0.1, 0.15) is 0 Å². The van der Waals surface area contributed by atoms with Crippen LogP contribution in [-0.2, 0) is 11.2 Å². The molecule has 0 spiro atoms. The fraction of sp³-hybridized carbons (Fsp3) is 0.312. The van der Waals surface area contributed by atoms with Gasteiger partial charge in [0, 0.05) is 12.1 Å². The lowest BCUT2D eigenvalue weighted by molar-refractivity contribution is -0.116. The van der Waals surface area contributed by atoms with Crippen molar-refractivity contribution in [3.63, 3.8) is 0 Å². The zero-order valence-electron chi connectivity index (χ0n) is 10.6. The molecule has 92 valence electrons. The minimum atomic E-state index is 0.129. The molecule has 0 bridgehead atoms. The standard InChI is InChI=1S/C16H17NO/c1-11-3-2-4-13(9-11)14-6-5-12-7-8-16(18)17-15(12)10-14/h4-6,9-10H,2-3,7-8H2,1H3,(H,17,18). The van der Waals surface area contributed by atoms with Crippen molar-refractivity contribution in [2.75, 3.05) is 5.32 Å². The molecule has 2 aliphatic rings. The van der Waals surface area contributed by atoms with E-state index in [1.54, 1.807) is 0 Å². The highest BCUT2D eigenvalue weighted by Crippen LogP contribution is 2.30. The molecule has 1 amide bonds. The van der Waals surface area contributed by atoms with E-state index in [1.165, 1.54) is 22.3 Å². The molecule has 0 saturated heterocycles. The molecule has 1 aliphatic carbocycles. The van der Waals surface area contributed by atoms with Gasteiger partial charge in [-0.1, -0.05) is 29.9 Å². The molecule has 0 unspecified atom stereocenters. The van der Waals surface area contributed by atoms with E-state index in [-0.39, 0.29) is 5.91 Å². The molecular weight excluding hydrogens is 222 g/mol. The Balaban J connectivity index is 1.97. The first-order valence-electron chi connectivity index (χ1n) is 6.53. The highest BCUT2D eigenvalue weighted by atomic mass is 16.1.